The minimum atomic E-state index is -0.714. The van der Waals surface area contributed by atoms with Gasteiger partial charge in [-0.05, 0) is 43.7 Å². The van der Waals surface area contributed by atoms with Gasteiger partial charge in [-0.25, -0.2) is 0 Å². The van der Waals surface area contributed by atoms with Crippen molar-refractivity contribution in [3.8, 4) is 0 Å². The van der Waals surface area contributed by atoms with Gasteiger partial charge in [0.05, 0.1) is 24.3 Å². The average molecular weight is 356 g/mol. The van der Waals surface area contributed by atoms with Crippen LogP contribution in [0.15, 0.2) is 24.3 Å². The van der Waals surface area contributed by atoms with E-state index in [0.717, 1.165) is 6.42 Å². The molecule has 6 heteroatoms. The molecule has 0 spiro atoms. The average Bonchev–Trinajstić information content (AvgIpc) is 3.24. The molecular formula is C20H24N2O4. The Morgan fingerprint density at radius 2 is 2.04 bits per heavy atom. The maximum atomic E-state index is 13.0. The molecule has 138 valence electrons. The highest BCUT2D eigenvalue weighted by atomic mass is 16.5. The summed E-state index contributed by atoms with van der Waals surface area (Å²) in [6.45, 7) is 4.78. The van der Waals surface area contributed by atoms with Crippen molar-refractivity contribution in [2.45, 2.75) is 45.2 Å². The first-order valence-corrected chi connectivity index (χ1v) is 9.31. The number of nitrogens with zero attached hydrogens (tertiary/aromatic N) is 2. The number of para-hydroxylation sites is 1. The first-order valence-electron chi connectivity index (χ1n) is 9.31. The van der Waals surface area contributed by atoms with Gasteiger partial charge in [0.25, 0.3) is 5.91 Å². The number of esters is 1. The van der Waals surface area contributed by atoms with Crippen LogP contribution in [0.5, 0.6) is 0 Å². The number of hydrogen-bond donors (Lipinski definition) is 0. The molecule has 1 saturated carbocycles. The summed E-state index contributed by atoms with van der Waals surface area (Å²) < 4.78 is 5.34. The Morgan fingerprint density at radius 3 is 2.77 bits per heavy atom. The smallest absolute Gasteiger partial charge is 0.307 e. The number of hydrogen-bond acceptors (Lipinski definition) is 4. The lowest BCUT2D eigenvalue weighted by Crippen LogP contribution is -2.62. The van der Waals surface area contributed by atoms with Crippen LogP contribution < -0.4 is 4.90 Å². The van der Waals surface area contributed by atoms with Crippen LogP contribution in [-0.4, -0.2) is 41.5 Å². The Balaban J connectivity index is 1.51. The molecule has 0 N–H and O–H groups in total. The monoisotopic (exact) mass is 356 g/mol. The summed E-state index contributed by atoms with van der Waals surface area (Å²) in [6, 6.07) is 7.19. The van der Waals surface area contributed by atoms with Crippen molar-refractivity contribution in [3.05, 3.63) is 29.8 Å². The van der Waals surface area contributed by atoms with Crippen LogP contribution >= 0.6 is 0 Å². The van der Waals surface area contributed by atoms with Crippen LogP contribution in [-0.2, 0) is 14.3 Å². The fourth-order valence-electron chi connectivity index (χ4n) is 4.15. The second-order valence-corrected chi connectivity index (χ2v) is 7.83. The molecule has 0 bridgehead atoms. The topological polar surface area (TPSA) is 66.9 Å². The molecule has 26 heavy (non-hydrogen) atoms. The second kappa shape index (κ2) is 6.11. The first kappa shape index (κ1) is 17.1. The predicted octanol–water partition coefficient (Wildman–Crippen LogP) is 2.57. The van der Waals surface area contributed by atoms with E-state index in [1.165, 1.54) is 0 Å². The quantitative estimate of drug-likeness (QED) is 0.761. The molecule has 1 aromatic rings. The summed E-state index contributed by atoms with van der Waals surface area (Å²) in [5.41, 5.74) is 0.470. The summed E-state index contributed by atoms with van der Waals surface area (Å²) in [7, 11) is 0. The highest BCUT2D eigenvalue weighted by Crippen LogP contribution is 2.44. The molecule has 3 atom stereocenters. The van der Waals surface area contributed by atoms with Crippen molar-refractivity contribution < 1.29 is 19.1 Å². The third-order valence-electron chi connectivity index (χ3n) is 6.02. The third kappa shape index (κ3) is 2.68. The summed E-state index contributed by atoms with van der Waals surface area (Å²) in [5, 5.41) is 0. The van der Waals surface area contributed by atoms with Gasteiger partial charge in [0.15, 0.2) is 0 Å². The van der Waals surface area contributed by atoms with Gasteiger partial charge >= 0.3 is 5.97 Å². The lowest BCUT2D eigenvalue weighted by molar-refractivity contribution is -0.144. The van der Waals surface area contributed by atoms with Gasteiger partial charge in [0.1, 0.15) is 5.66 Å². The summed E-state index contributed by atoms with van der Waals surface area (Å²) >= 11 is 0. The van der Waals surface area contributed by atoms with Gasteiger partial charge < -0.3 is 9.64 Å². The largest absolute Gasteiger partial charge is 0.465 e. The number of carbonyl (C=O) groups excluding carboxylic acids is 3. The molecule has 1 aromatic carbocycles. The van der Waals surface area contributed by atoms with Gasteiger partial charge in [0.2, 0.25) is 5.91 Å². The number of amides is 2. The Morgan fingerprint density at radius 1 is 1.31 bits per heavy atom. The van der Waals surface area contributed by atoms with E-state index >= 15 is 0 Å². The van der Waals surface area contributed by atoms with Crippen LogP contribution in [0, 0.1) is 11.8 Å². The lowest BCUT2D eigenvalue weighted by Gasteiger charge is -2.48. The Bertz CT molecular complexity index is 777. The van der Waals surface area contributed by atoms with Crippen molar-refractivity contribution in [2.75, 3.05) is 18.1 Å². The molecule has 2 fully saturated rings. The predicted molar refractivity (Wildman–Crippen MR) is 95.5 cm³/mol. The maximum absolute atomic E-state index is 13.0. The SMILES string of the molecule is C[C@@H]1C[C@@H]1COC(=O)CCN1C(=O)c2ccccc2N2C(=O)CC[C@]12C. The van der Waals surface area contributed by atoms with E-state index in [2.05, 4.69) is 6.92 Å². The molecule has 2 aliphatic heterocycles. The molecule has 0 aromatic heterocycles. The van der Waals surface area contributed by atoms with Gasteiger partial charge in [-0.1, -0.05) is 19.1 Å². The molecule has 2 heterocycles. The van der Waals surface area contributed by atoms with Crippen molar-refractivity contribution in [1.29, 1.82) is 0 Å². The zero-order valence-electron chi connectivity index (χ0n) is 15.2. The summed E-state index contributed by atoms with van der Waals surface area (Å²) in [5.74, 6) is 0.735. The van der Waals surface area contributed by atoms with Crippen LogP contribution in [0.1, 0.15) is 49.9 Å². The van der Waals surface area contributed by atoms with Crippen LogP contribution in [0.25, 0.3) is 0 Å². The van der Waals surface area contributed by atoms with E-state index in [0.29, 0.717) is 42.5 Å². The number of benzene rings is 1. The Hall–Kier alpha value is -2.37. The van der Waals surface area contributed by atoms with E-state index in [9.17, 15) is 14.4 Å². The first-order chi connectivity index (χ1) is 12.4. The Kier molecular flexibility index (Phi) is 4.01. The zero-order chi connectivity index (χ0) is 18.5. The standard InChI is InChI=1S/C20H24N2O4/c1-13-11-14(13)12-26-18(24)8-10-21-19(25)15-5-3-4-6-16(15)22-17(23)7-9-20(21,22)2/h3-6,13-14H,7-12H2,1-2H3/t13-,14-,20-/m1/s1. The van der Waals surface area contributed by atoms with Crippen LogP contribution in [0.3, 0.4) is 0 Å². The van der Waals surface area contributed by atoms with Gasteiger partial charge in [-0.2, -0.15) is 0 Å². The fourth-order valence-corrected chi connectivity index (χ4v) is 4.15. The second-order valence-electron chi connectivity index (χ2n) is 7.83. The number of rotatable bonds is 5. The molecule has 0 radical (unpaired) electrons. The molecule has 0 unspecified atom stereocenters. The molecule has 2 amide bonds. The van der Waals surface area contributed by atoms with E-state index in [1.807, 2.05) is 19.1 Å². The summed E-state index contributed by atoms with van der Waals surface area (Å²) in [6.07, 6.45) is 2.23. The van der Waals surface area contributed by atoms with Gasteiger partial charge in [-0.15, -0.1) is 0 Å². The maximum Gasteiger partial charge on any atom is 0.307 e. The highest BCUT2D eigenvalue weighted by molar-refractivity contribution is 6.10. The van der Waals surface area contributed by atoms with E-state index in [1.54, 1.807) is 21.9 Å². The Labute approximate surface area is 153 Å². The minimum absolute atomic E-state index is 0.0164. The third-order valence-corrected chi connectivity index (χ3v) is 6.02. The van der Waals surface area contributed by atoms with Gasteiger partial charge in [-0.3, -0.25) is 19.3 Å². The van der Waals surface area contributed by atoms with Crippen molar-refractivity contribution >= 4 is 23.5 Å². The van der Waals surface area contributed by atoms with E-state index in [4.69, 9.17) is 4.74 Å². The van der Waals surface area contributed by atoms with Crippen molar-refractivity contribution in [1.82, 2.24) is 4.90 Å². The number of ether oxygens (including phenoxy) is 1. The molecule has 6 nitrogen and oxygen atoms in total. The highest BCUT2D eigenvalue weighted by Gasteiger charge is 2.52. The number of fused-ring (bicyclic) bond motifs is 3. The summed E-state index contributed by atoms with van der Waals surface area (Å²) in [4.78, 5) is 41.0. The minimum Gasteiger partial charge on any atom is -0.465 e. The van der Waals surface area contributed by atoms with Crippen molar-refractivity contribution in [2.24, 2.45) is 11.8 Å². The normalized spacial score (nSPS) is 29.5. The zero-order valence-corrected chi connectivity index (χ0v) is 15.2. The van der Waals surface area contributed by atoms with Crippen LogP contribution in [0.4, 0.5) is 5.69 Å². The molecule has 3 aliphatic rings. The van der Waals surface area contributed by atoms with E-state index < -0.39 is 5.66 Å². The van der Waals surface area contributed by atoms with Crippen LogP contribution in [0.2, 0.25) is 0 Å². The number of anilines is 1. The lowest BCUT2D eigenvalue weighted by atomic mass is 9.98. The molecular weight excluding hydrogens is 332 g/mol. The van der Waals surface area contributed by atoms with Crippen molar-refractivity contribution in [3.63, 3.8) is 0 Å². The molecule has 4 rings (SSSR count). The molecule has 1 aliphatic carbocycles. The molecule has 1 saturated heterocycles. The number of carbonyl (C=O) groups is 3. The van der Waals surface area contributed by atoms with Gasteiger partial charge in [0, 0.05) is 13.0 Å². The fraction of sp³-hybridized carbons (Fsp3) is 0.550. The van der Waals surface area contributed by atoms with E-state index in [-0.39, 0.29) is 30.7 Å².